The Balaban J connectivity index is 1.68. The van der Waals surface area contributed by atoms with Crippen LogP contribution in [0, 0.1) is 11.6 Å². The average molecular weight is 454 g/mol. The van der Waals surface area contributed by atoms with E-state index < -0.39 is 37.0 Å². The molecule has 170 valence electrons. The van der Waals surface area contributed by atoms with Gasteiger partial charge in [-0.2, -0.15) is 0 Å². The normalized spacial score (nSPS) is 22.7. The van der Waals surface area contributed by atoms with Crippen molar-refractivity contribution in [2.24, 2.45) is 0 Å². The van der Waals surface area contributed by atoms with E-state index in [1.165, 1.54) is 30.6 Å². The summed E-state index contributed by atoms with van der Waals surface area (Å²) in [7, 11) is 0. The van der Waals surface area contributed by atoms with Gasteiger partial charge in [-0.15, -0.1) is 0 Å². The third kappa shape index (κ3) is 3.83. The van der Waals surface area contributed by atoms with Gasteiger partial charge in [-0.25, -0.2) is 18.7 Å². The molecule has 2 aromatic carbocycles. The number of benzene rings is 2. The molecule has 0 bridgehead atoms. The number of aromatic nitrogens is 3. The first-order valence-corrected chi connectivity index (χ1v) is 10.2. The van der Waals surface area contributed by atoms with Crippen molar-refractivity contribution in [1.82, 2.24) is 14.5 Å². The number of nitrogens with one attached hydrogen (secondary N) is 1. The summed E-state index contributed by atoms with van der Waals surface area (Å²) in [6, 6.07) is 11.6. The van der Waals surface area contributed by atoms with Gasteiger partial charge in [0.2, 0.25) is 0 Å². The predicted molar refractivity (Wildman–Crippen MR) is 116 cm³/mol. The van der Waals surface area contributed by atoms with E-state index in [0.717, 1.165) is 0 Å². The van der Waals surface area contributed by atoms with Gasteiger partial charge in [0.15, 0.2) is 6.23 Å². The minimum absolute atomic E-state index is 0.378. The van der Waals surface area contributed by atoms with Crippen LogP contribution in [0.15, 0.2) is 61.1 Å². The largest absolute Gasteiger partial charge is 0.394 e. The Kier molecular flexibility index (Phi) is 5.51. The maximum absolute atomic E-state index is 13.6. The molecule has 1 aliphatic rings. The van der Waals surface area contributed by atoms with Crippen molar-refractivity contribution in [1.29, 1.82) is 0 Å². The van der Waals surface area contributed by atoms with Crippen LogP contribution in [0.2, 0.25) is 0 Å². The van der Waals surface area contributed by atoms with E-state index in [1.807, 2.05) is 0 Å². The molecule has 4 aromatic rings. The van der Waals surface area contributed by atoms with Crippen molar-refractivity contribution < 1.29 is 28.8 Å². The van der Waals surface area contributed by atoms with E-state index in [1.54, 1.807) is 35.0 Å². The molecule has 1 fully saturated rings. The Bertz CT molecular complexity index is 1280. The van der Waals surface area contributed by atoms with Gasteiger partial charge >= 0.3 is 0 Å². The second-order valence-corrected chi connectivity index (χ2v) is 7.74. The molecule has 0 saturated carbocycles. The highest BCUT2D eigenvalue weighted by Crippen LogP contribution is 2.39. The fourth-order valence-electron chi connectivity index (χ4n) is 4.00. The van der Waals surface area contributed by atoms with E-state index in [4.69, 9.17) is 4.74 Å². The second-order valence-electron chi connectivity index (χ2n) is 7.74. The van der Waals surface area contributed by atoms with Crippen LogP contribution >= 0.6 is 0 Å². The number of aliphatic hydroxyl groups excluding tert-OH is 3. The zero-order valence-electron chi connectivity index (χ0n) is 17.1. The van der Waals surface area contributed by atoms with Gasteiger partial charge < -0.3 is 29.9 Å². The summed E-state index contributed by atoms with van der Waals surface area (Å²) in [4.78, 5) is 8.70. The topological polar surface area (TPSA) is 113 Å². The first-order chi connectivity index (χ1) is 16.0. The number of anilines is 2. The highest BCUT2D eigenvalue weighted by atomic mass is 19.1. The Morgan fingerprint density at radius 2 is 1.61 bits per heavy atom. The lowest BCUT2D eigenvalue weighted by atomic mass is 10.1. The van der Waals surface area contributed by atoms with Gasteiger partial charge in [0.25, 0.3) is 0 Å². The zero-order chi connectivity index (χ0) is 23.1. The van der Waals surface area contributed by atoms with Crippen molar-refractivity contribution in [2.45, 2.75) is 24.5 Å². The molecule has 1 saturated heterocycles. The Morgan fingerprint density at radius 3 is 2.24 bits per heavy atom. The quantitative estimate of drug-likeness (QED) is 0.367. The number of nitrogens with zero attached hydrogens (tertiary/aromatic N) is 3. The predicted octanol–water partition coefficient (Wildman–Crippen LogP) is 2.73. The van der Waals surface area contributed by atoms with Crippen LogP contribution in [0.5, 0.6) is 0 Å². The van der Waals surface area contributed by atoms with Gasteiger partial charge in [0.1, 0.15) is 47.7 Å². The molecule has 0 spiro atoms. The van der Waals surface area contributed by atoms with Gasteiger partial charge in [0, 0.05) is 17.4 Å². The van der Waals surface area contributed by atoms with E-state index >= 15 is 0 Å². The first-order valence-electron chi connectivity index (χ1n) is 10.2. The molecule has 4 N–H and O–H groups in total. The van der Waals surface area contributed by atoms with Crippen molar-refractivity contribution in [3.8, 4) is 11.1 Å². The van der Waals surface area contributed by atoms with Crippen molar-refractivity contribution in [3.05, 3.63) is 72.7 Å². The molecule has 33 heavy (non-hydrogen) atoms. The summed E-state index contributed by atoms with van der Waals surface area (Å²) in [6.07, 6.45) is -1.60. The van der Waals surface area contributed by atoms with Crippen LogP contribution in [0.3, 0.4) is 0 Å². The number of ether oxygens (including phenoxy) is 1. The molecular formula is C23H20F2N4O4. The monoisotopic (exact) mass is 454 g/mol. The maximum Gasteiger partial charge on any atom is 0.164 e. The SMILES string of the molecule is OC[C@H]1O[C@@H](n2cc(-c3ccc(F)cc3)c3c(Nc4ccc(F)cc4)ncnc32)[C@@H](O)[C@H]1O. The number of hydrogen-bond donors (Lipinski definition) is 4. The summed E-state index contributed by atoms with van der Waals surface area (Å²) < 4.78 is 34.2. The molecule has 4 atom stereocenters. The van der Waals surface area contributed by atoms with Crippen LogP contribution in [0.1, 0.15) is 6.23 Å². The standard InChI is InChI=1S/C23H20F2N4O4/c24-13-3-1-12(2-4-13)16-9-29(23-20(32)19(31)17(10-30)33-23)22-18(16)21(26-11-27-22)28-15-7-5-14(25)6-8-15/h1-9,11,17,19-20,23,30-32H,10H2,(H,26,27,28)/t17-,19+,20+,23-/m1/s1. The minimum Gasteiger partial charge on any atom is -0.394 e. The van der Waals surface area contributed by atoms with Crippen LogP contribution in [-0.4, -0.2) is 54.8 Å². The summed E-state index contributed by atoms with van der Waals surface area (Å²) in [6.45, 7) is -0.467. The molecule has 2 aromatic heterocycles. The summed E-state index contributed by atoms with van der Waals surface area (Å²) in [5, 5.41) is 33.9. The van der Waals surface area contributed by atoms with Crippen LogP contribution in [0.4, 0.5) is 20.3 Å². The second kappa shape index (κ2) is 8.49. The average Bonchev–Trinajstić information content (AvgIpc) is 3.34. The smallest absolute Gasteiger partial charge is 0.164 e. The van der Waals surface area contributed by atoms with Gasteiger partial charge in [-0.1, -0.05) is 12.1 Å². The maximum atomic E-state index is 13.6. The number of fused-ring (bicyclic) bond motifs is 1. The lowest BCUT2D eigenvalue weighted by Gasteiger charge is -2.17. The Hall–Kier alpha value is -3.44. The number of hydrogen-bond acceptors (Lipinski definition) is 7. The van der Waals surface area contributed by atoms with Gasteiger partial charge in [-0.05, 0) is 42.0 Å². The molecule has 10 heteroatoms. The number of rotatable bonds is 5. The fourth-order valence-corrected chi connectivity index (χ4v) is 4.00. The number of halogens is 2. The van der Waals surface area contributed by atoms with Crippen molar-refractivity contribution in [3.63, 3.8) is 0 Å². The molecule has 0 amide bonds. The lowest BCUT2D eigenvalue weighted by Crippen LogP contribution is -2.33. The third-order valence-electron chi connectivity index (χ3n) is 5.66. The molecule has 3 heterocycles. The first kappa shape index (κ1) is 21.4. The molecule has 0 aliphatic carbocycles. The fraction of sp³-hybridized carbons (Fsp3) is 0.217. The zero-order valence-corrected chi connectivity index (χ0v) is 17.1. The van der Waals surface area contributed by atoms with Crippen LogP contribution in [-0.2, 0) is 4.74 Å². The highest BCUT2D eigenvalue weighted by Gasteiger charge is 2.44. The van der Waals surface area contributed by atoms with Crippen LogP contribution < -0.4 is 5.32 Å². The van der Waals surface area contributed by atoms with Crippen LogP contribution in [0.25, 0.3) is 22.2 Å². The highest BCUT2D eigenvalue weighted by molar-refractivity contribution is 6.02. The van der Waals surface area contributed by atoms with Gasteiger partial charge in [-0.3, -0.25) is 0 Å². The van der Waals surface area contributed by atoms with Gasteiger partial charge in [0.05, 0.1) is 12.0 Å². The summed E-state index contributed by atoms with van der Waals surface area (Å²) >= 11 is 0. The lowest BCUT2D eigenvalue weighted by molar-refractivity contribution is -0.0508. The van der Waals surface area contributed by atoms with E-state index in [2.05, 4.69) is 15.3 Å². The molecule has 0 radical (unpaired) electrons. The minimum atomic E-state index is -1.32. The Labute approximate surface area is 186 Å². The number of aliphatic hydroxyl groups is 3. The Morgan fingerprint density at radius 1 is 0.939 bits per heavy atom. The molecule has 1 aliphatic heterocycles. The van der Waals surface area contributed by atoms with E-state index in [9.17, 15) is 24.1 Å². The third-order valence-corrected chi connectivity index (χ3v) is 5.66. The molecule has 5 rings (SSSR count). The molecular weight excluding hydrogens is 434 g/mol. The summed E-state index contributed by atoms with van der Waals surface area (Å²) in [5.74, 6) is -0.376. The van der Waals surface area contributed by atoms with Crippen molar-refractivity contribution in [2.75, 3.05) is 11.9 Å². The van der Waals surface area contributed by atoms with Crippen molar-refractivity contribution >= 4 is 22.5 Å². The van der Waals surface area contributed by atoms with E-state index in [0.29, 0.717) is 33.7 Å². The summed E-state index contributed by atoms with van der Waals surface area (Å²) in [5.41, 5.74) is 2.24. The molecule has 8 nitrogen and oxygen atoms in total. The molecule has 0 unspecified atom stereocenters. The van der Waals surface area contributed by atoms with E-state index in [-0.39, 0.29) is 5.82 Å².